The molecule has 128 valence electrons. The molecule has 2 heterocycles. The van der Waals surface area contributed by atoms with Gasteiger partial charge in [-0.3, -0.25) is 9.36 Å². The Morgan fingerprint density at radius 3 is 2.54 bits per heavy atom. The first-order valence-electron chi connectivity index (χ1n) is 8.27. The minimum absolute atomic E-state index is 0.0147. The number of morpholine rings is 1. The molecule has 0 atom stereocenters. The largest absolute Gasteiger partial charge is 0.497 e. The molecule has 0 radical (unpaired) electrons. The van der Waals surface area contributed by atoms with Gasteiger partial charge in [0, 0.05) is 24.8 Å². The molecule has 1 fully saturated rings. The fourth-order valence-corrected chi connectivity index (χ4v) is 2.79. The third-order valence-corrected chi connectivity index (χ3v) is 4.20. The molecule has 6 nitrogen and oxygen atoms in total. The minimum atomic E-state index is -0.0147. The first kappa shape index (κ1) is 16.5. The fourth-order valence-electron chi connectivity index (χ4n) is 2.79. The van der Waals surface area contributed by atoms with Gasteiger partial charge in [-0.05, 0) is 24.1 Å². The van der Waals surface area contributed by atoms with E-state index >= 15 is 0 Å². The average Bonchev–Trinajstić information content (AvgIpc) is 2.64. The van der Waals surface area contributed by atoms with Gasteiger partial charge in [-0.2, -0.15) is 0 Å². The summed E-state index contributed by atoms with van der Waals surface area (Å²) in [5.41, 5.74) is 1.85. The molecule has 0 unspecified atom stereocenters. The highest BCUT2D eigenvalue weighted by molar-refractivity contribution is 5.35. The van der Waals surface area contributed by atoms with Crippen LogP contribution in [0.25, 0.3) is 0 Å². The number of aryl methyl sites for hydroxylation is 1. The Balaban J connectivity index is 1.96. The lowest BCUT2D eigenvalue weighted by Crippen LogP contribution is -2.41. The van der Waals surface area contributed by atoms with E-state index < -0.39 is 0 Å². The minimum Gasteiger partial charge on any atom is -0.497 e. The Hall–Kier alpha value is -2.34. The van der Waals surface area contributed by atoms with Crippen molar-refractivity contribution in [3.8, 4) is 5.75 Å². The first-order chi connectivity index (χ1) is 11.7. The van der Waals surface area contributed by atoms with Crippen molar-refractivity contribution in [2.45, 2.75) is 19.9 Å². The number of benzene rings is 1. The first-order valence-corrected chi connectivity index (χ1v) is 8.27. The molecule has 2 aromatic rings. The molecule has 0 saturated carbocycles. The lowest BCUT2D eigenvalue weighted by molar-refractivity contribution is 0.121. The molecule has 1 aromatic carbocycles. The number of nitrogens with zero attached hydrogens (tertiary/aromatic N) is 3. The van der Waals surface area contributed by atoms with Gasteiger partial charge in [0.1, 0.15) is 5.75 Å². The van der Waals surface area contributed by atoms with E-state index in [1.54, 1.807) is 17.7 Å². The predicted octanol–water partition coefficient (Wildman–Crippen LogP) is 1.70. The van der Waals surface area contributed by atoms with Gasteiger partial charge < -0.3 is 14.4 Å². The van der Waals surface area contributed by atoms with Crippen molar-refractivity contribution in [3.63, 3.8) is 0 Å². The molecule has 1 saturated heterocycles. The van der Waals surface area contributed by atoms with Crippen LogP contribution in [0.4, 0.5) is 5.95 Å². The highest BCUT2D eigenvalue weighted by Crippen LogP contribution is 2.16. The van der Waals surface area contributed by atoms with Crippen LogP contribution >= 0.6 is 0 Å². The number of anilines is 1. The van der Waals surface area contributed by atoms with Gasteiger partial charge in [0.25, 0.3) is 5.56 Å². The molecule has 1 aliphatic heterocycles. The maximum atomic E-state index is 12.6. The second-order valence-electron chi connectivity index (χ2n) is 5.77. The van der Waals surface area contributed by atoms with Gasteiger partial charge in [-0.1, -0.05) is 19.1 Å². The van der Waals surface area contributed by atoms with E-state index in [9.17, 15) is 4.79 Å². The summed E-state index contributed by atoms with van der Waals surface area (Å²) in [7, 11) is 1.64. The number of hydrogen-bond donors (Lipinski definition) is 0. The lowest BCUT2D eigenvalue weighted by Gasteiger charge is -2.30. The van der Waals surface area contributed by atoms with Crippen LogP contribution in [0.15, 0.2) is 35.1 Å². The Morgan fingerprint density at radius 1 is 1.21 bits per heavy atom. The van der Waals surface area contributed by atoms with Crippen LogP contribution in [-0.2, 0) is 17.7 Å². The predicted molar refractivity (Wildman–Crippen MR) is 93.0 cm³/mol. The normalized spacial score (nSPS) is 14.7. The van der Waals surface area contributed by atoms with Crippen LogP contribution in [-0.4, -0.2) is 43.0 Å². The summed E-state index contributed by atoms with van der Waals surface area (Å²) in [6.07, 6.45) is 0.746. The van der Waals surface area contributed by atoms with Gasteiger partial charge in [0.2, 0.25) is 5.95 Å². The Labute approximate surface area is 141 Å². The van der Waals surface area contributed by atoms with Crippen molar-refractivity contribution in [2.24, 2.45) is 0 Å². The maximum absolute atomic E-state index is 12.6. The van der Waals surface area contributed by atoms with Crippen molar-refractivity contribution in [3.05, 3.63) is 51.9 Å². The van der Waals surface area contributed by atoms with Crippen molar-refractivity contribution in [1.29, 1.82) is 0 Å². The van der Waals surface area contributed by atoms with E-state index in [2.05, 4.69) is 4.90 Å². The molecular formula is C18H23N3O3. The van der Waals surface area contributed by atoms with Crippen LogP contribution < -0.4 is 15.2 Å². The van der Waals surface area contributed by atoms with E-state index in [1.165, 1.54) is 0 Å². The number of hydrogen-bond acceptors (Lipinski definition) is 5. The second kappa shape index (κ2) is 7.49. The number of aromatic nitrogens is 2. The topological polar surface area (TPSA) is 56.6 Å². The average molecular weight is 329 g/mol. The second-order valence-corrected chi connectivity index (χ2v) is 5.77. The lowest BCUT2D eigenvalue weighted by atomic mass is 10.2. The van der Waals surface area contributed by atoms with Crippen molar-refractivity contribution >= 4 is 5.95 Å². The molecular weight excluding hydrogens is 306 g/mol. The van der Waals surface area contributed by atoms with Gasteiger partial charge in [0.05, 0.1) is 26.9 Å². The van der Waals surface area contributed by atoms with Crippen LogP contribution in [0.3, 0.4) is 0 Å². The van der Waals surface area contributed by atoms with E-state index in [-0.39, 0.29) is 5.56 Å². The van der Waals surface area contributed by atoms with Gasteiger partial charge >= 0.3 is 0 Å². The van der Waals surface area contributed by atoms with Crippen LogP contribution in [0.2, 0.25) is 0 Å². The van der Waals surface area contributed by atoms with Gasteiger partial charge in [-0.25, -0.2) is 4.98 Å². The summed E-state index contributed by atoms with van der Waals surface area (Å²) in [6.45, 7) is 5.33. The number of ether oxygens (including phenoxy) is 2. The molecule has 1 aliphatic rings. The molecule has 6 heteroatoms. The van der Waals surface area contributed by atoms with E-state index in [4.69, 9.17) is 14.5 Å². The highest BCUT2D eigenvalue weighted by Gasteiger charge is 2.18. The molecule has 0 bridgehead atoms. The molecule has 0 amide bonds. The molecule has 1 aromatic heterocycles. The number of methoxy groups -OCH3 is 1. The van der Waals surface area contributed by atoms with Crippen LogP contribution in [0, 0.1) is 0 Å². The van der Waals surface area contributed by atoms with Crippen molar-refractivity contribution < 1.29 is 9.47 Å². The summed E-state index contributed by atoms with van der Waals surface area (Å²) in [5, 5.41) is 0. The van der Waals surface area contributed by atoms with Crippen LogP contribution in [0.1, 0.15) is 18.2 Å². The SMILES string of the molecule is CCc1cc(=O)n(Cc2ccc(OC)cc2)c(N2CCOCC2)n1. The van der Waals surface area contributed by atoms with E-state index in [0.29, 0.717) is 19.8 Å². The third-order valence-electron chi connectivity index (χ3n) is 4.20. The Kier molecular flexibility index (Phi) is 5.15. The Morgan fingerprint density at radius 2 is 1.92 bits per heavy atom. The zero-order chi connectivity index (χ0) is 16.9. The van der Waals surface area contributed by atoms with E-state index in [0.717, 1.165) is 42.5 Å². The summed E-state index contributed by atoms with van der Waals surface area (Å²) in [6, 6.07) is 9.39. The van der Waals surface area contributed by atoms with E-state index in [1.807, 2.05) is 31.2 Å². The smallest absolute Gasteiger partial charge is 0.255 e. The van der Waals surface area contributed by atoms with Gasteiger partial charge in [-0.15, -0.1) is 0 Å². The summed E-state index contributed by atoms with van der Waals surface area (Å²) >= 11 is 0. The van der Waals surface area contributed by atoms with Crippen molar-refractivity contribution in [2.75, 3.05) is 38.3 Å². The summed E-state index contributed by atoms with van der Waals surface area (Å²) < 4.78 is 12.4. The molecule has 0 spiro atoms. The van der Waals surface area contributed by atoms with Gasteiger partial charge in [0.15, 0.2) is 0 Å². The third kappa shape index (κ3) is 3.59. The zero-order valence-electron chi connectivity index (χ0n) is 14.2. The highest BCUT2D eigenvalue weighted by atomic mass is 16.5. The van der Waals surface area contributed by atoms with Crippen LogP contribution in [0.5, 0.6) is 5.75 Å². The van der Waals surface area contributed by atoms with Crippen molar-refractivity contribution in [1.82, 2.24) is 9.55 Å². The Bertz CT molecular complexity index is 734. The summed E-state index contributed by atoms with van der Waals surface area (Å²) in [4.78, 5) is 19.5. The molecule has 0 N–H and O–H groups in total. The maximum Gasteiger partial charge on any atom is 0.255 e. The molecule has 0 aliphatic carbocycles. The molecule has 24 heavy (non-hydrogen) atoms. The quantitative estimate of drug-likeness (QED) is 0.836. The zero-order valence-corrected chi connectivity index (χ0v) is 14.2. The standard InChI is InChI=1S/C18H23N3O3/c1-3-15-12-17(22)21(13-14-4-6-16(23-2)7-5-14)18(19-15)20-8-10-24-11-9-20/h4-7,12H,3,8-11,13H2,1-2H3. The monoisotopic (exact) mass is 329 g/mol. The number of rotatable bonds is 5. The fraction of sp³-hybridized carbons (Fsp3) is 0.444. The molecule has 3 rings (SSSR count). The summed E-state index contributed by atoms with van der Waals surface area (Å²) in [5.74, 6) is 1.54.